The first kappa shape index (κ1) is 9.65. The van der Waals surface area contributed by atoms with Gasteiger partial charge in [-0.25, -0.2) is 9.98 Å². The minimum Gasteiger partial charge on any atom is -0.369 e. The molecule has 14 heavy (non-hydrogen) atoms. The van der Waals surface area contributed by atoms with Crippen LogP contribution >= 0.6 is 11.3 Å². The average Bonchev–Trinajstić information content (AvgIpc) is 2.57. The van der Waals surface area contributed by atoms with Crippen LogP contribution in [0.3, 0.4) is 0 Å². The van der Waals surface area contributed by atoms with Gasteiger partial charge in [0.15, 0.2) is 0 Å². The van der Waals surface area contributed by atoms with Gasteiger partial charge in [-0.3, -0.25) is 0 Å². The van der Waals surface area contributed by atoms with E-state index in [1.807, 2.05) is 25.3 Å². The van der Waals surface area contributed by atoms with Crippen molar-refractivity contribution < 1.29 is 0 Å². The van der Waals surface area contributed by atoms with Crippen LogP contribution in [0.15, 0.2) is 4.99 Å². The zero-order valence-electron chi connectivity index (χ0n) is 8.66. The third-order valence-corrected chi connectivity index (χ3v) is 3.30. The summed E-state index contributed by atoms with van der Waals surface area (Å²) in [6, 6.07) is 0. The van der Waals surface area contributed by atoms with Crippen LogP contribution in [-0.2, 0) is 12.8 Å². The lowest BCUT2D eigenvalue weighted by Crippen LogP contribution is -2.06. The van der Waals surface area contributed by atoms with Crippen LogP contribution in [0.1, 0.15) is 23.4 Å². The molecule has 1 heterocycles. The van der Waals surface area contributed by atoms with Crippen molar-refractivity contribution in [2.75, 3.05) is 14.1 Å². The number of aliphatic imine (C=N–C) groups is 1. The van der Waals surface area contributed by atoms with Gasteiger partial charge in [0, 0.05) is 19.0 Å². The second-order valence-corrected chi connectivity index (χ2v) is 4.84. The SMILES string of the molecule is CN(C)C=Nc1nc2c(s1)CCCC2. The highest BCUT2D eigenvalue weighted by atomic mass is 32.1. The normalized spacial score (nSPS) is 15.9. The summed E-state index contributed by atoms with van der Waals surface area (Å²) in [7, 11) is 3.94. The van der Waals surface area contributed by atoms with Crippen LogP contribution in [-0.4, -0.2) is 30.3 Å². The first-order valence-corrected chi connectivity index (χ1v) is 5.76. The molecule has 0 aromatic carbocycles. The molecule has 2 rings (SSSR count). The summed E-state index contributed by atoms with van der Waals surface area (Å²) >= 11 is 1.74. The molecule has 1 aromatic rings. The molecule has 0 saturated carbocycles. The van der Waals surface area contributed by atoms with Gasteiger partial charge >= 0.3 is 0 Å². The van der Waals surface area contributed by atoms with Crippen LogP contribution in [0.5, 0.6) is 0 Å². The average molecular weight is 209 g/mol. The minimum absolute atomic E-state index is 0.908. The van der Waals surface area contributed by atoms with E-state index in [2.05, 4.69) is 9.98 Å². The maximum atomic E-state index is 4.52. The Balaban J connectivity index is 2.16. The highest BCUT2D eigenvalue weighted by molar-refractivity contribution is 7.15. The highest BCUT2D eigenvalue weighted by Gasteiger charge is 2.14. The van der Waals surface area contributed by atoms with Crippen LogP contribution < -0.4 is 0 Å². The fourth-order valence-electron chi connectivity index (χ4n) is 1.56. The van der Waals surface area contributed by atoms with Gasteiger partial charge < -0.3 is 4.90 Å². The third kappa shape index (κ3) is 2.12. The molecule has 0 radical (unpaired) electrons. The number of aryl methyl sites for hydroxylation is 2. The van der Waals surface area contributed by atoms with E-state index in [0.29, 0.717) is 0 Å². The fraction of sp³-hybridized carbons (Fsp3) is 0.600. The lowest BCUT2D eigenvalue weighted by molar-refractivity contribution is 0.643. The Morgan fingerprint density at radius 3 is 2.86 bits per heavy atom. The molecule has 0 fully saturated rings. The number of hydrogen-bond donors (Lipinski definition) is 0. The summed E-state index contributed by atoms with van der Waals surface area (Å²) < 4.78 is 0. The van der Waals surface area contributed by atoms with Gasteiger partial charge in [0.25, 0.3) is 0 Å². The molecule has 0 saturated heterocycles. The van der Waals surface area contributed by atoms with Crippen molar-refractivity contribution in [2.24, 2.45) is 4.99 Å². The molecule has 0 unspecified atom stereocenters. The summed E-state index contributed by atoms with van der Waals surface area (Å²) in [5.41, 5.74) is 1.28. The number of nitrogens with zero attached hydrogens (tertiary/aromatic N) is 3. The molecular formula is C10H15N3S. The first-order chi connectivity index (χ1) is 6.75. The summed E-state index contributed by atoms with van der Waals surface area (Å²) in [5, 5.41) is 0.908. The van der Waals surface area contributed by atoms with Gasteiger partial charge in [-0.05, 0) is 25.7 Å². The Labute approximate surface area is 88.5 Å². The summed E-state index contributed by atoms with van der Waals surface area (Å²) in [4.78, 5) is 12.2. The maximum Gasteiger partial charge on any atom is 0.210 e. The number of hydrogen-bond acceptors (Lipinski definition) is 3. The van der Waals surface area contributed by atoms with Crippen molar-refractivity contribution in [3.8, 4) is 0 Å². The van der Waals surface area contributed by atoms with E-state index < -0.39 is 0 Å². The molecule has 0 N–H and O–H groups in total. The van der Waals surface area contributed by atoms with Crippen LogP contribution in [0, 0.1) is 0 Å². The second-order valence-electron chi connectivity index (χ2n) is 3.78. The van der Waals surface area contributed by atoms with E-state index in [1.54, 1.807) is 11.3 Å². The molecule has 4 heteroatoms. The van der Waals surface area contributed by atoms with E-state index >= 15 is 0 Å². The van der Waals surface area contributed by atoms with Crippen molar-refractivity contribution in [3.63, 3.8) is 0 Å². The monoisotopic (exact) mass is 209 g/mol. The number of aromatic nitrogens is 1. The van der Waals surface area contributed by atoms with Gasteiger partial charge in [-0.2, -0.15) is 0 Å². The molecule has 3 nitrogen and oxygen atoms in total. The van der Waals surface area contributed by atoms with Crippen LogP contribution in [0.2, 0.25) is 0 Å². The molecular weight excluding hydrogens is 194 g/mol. The quantitative estimate of drug-likeness (QED) is 0.552. The summed E-state index contributed by atoms with van der Waals surface area (Å²) in [6.07, 6.45) is 6.75. The molecule has 76 valence electrons. The Morgan fingerprint density at radius 2 is 2.14 bits per heavy atom. The lowest BCUT2D eigenvalue weighted by Gasteiger charge is -2.06. The predicted octanol–water partition coefficient (Wildman–Crippen LogP) is 2.24. The minimum atomic E-state index is 0.908. The summed E-state index contributed by atoms with van der Waals surface area (Å²) in [5.74, 6) is 0. The molecule has 0 bridgehead atoms. The van der Waals surface area contributed by atoms with Crippen molar-refractivity contribution in [1.82, 2.24) is 9.88 Å². The van der Waals surface area contributed by atoms with E-state index in [0.717, 1.165) is 11.6 Å². The molecule has 0 aliphatic heterocycles. The molecule has 0 spiro atoms. The van der Waals surface area contributed by atoms with E-state index in [1.165, 1.54) is 29.8 Å². The Bertz CT molecular complexity index is 318. The van der Waals surface area contributed by atoms with Crippen molar-refractivity contribution in [3.05, 3.63) is 10.6 Å². The van der Waals surface area contributed by atoms with E-state index in [-0.39, 0.29) is 0 Å². The molecule has 0 amide bonds. The van der Waals surface area contributed by atoms with Crippen LogP contribution in [0.4, 0.5) is 5.13 Å². The predicted molar refractivity (Wildman–Crippen MR) is 60.6 cm³/mol. The largest absolute Gasteiger partial charge is 0.369 e. The standard InChI is InChI=1S/C10H15N3S/c1-13(2)7-11-10-12-8-5-3-4-6-9(8)14-10/h7H,3-6H2,1-2H3. The van der Waals surface area contributed by atoms with Crippen LogP contribution in [0.25, 0.3) is 0 Å². The zero-order valence-corrected chi connectivity index (χ0v) is 9.47. The number of thiazole rings is 1. The van der Waals surface area contributed by atoms with Crippen molar-refractivity contribution in [2.45, 2.75) is 25.7 Å². The smallest absolute Gasteiger partial charge is 0.210 e. The first-order valence-electron chi connectivity index (χ1n) is 4.95. The lowest BCUT2D eigenvalue weighted by atomic mass is 10.0. The van der Waals surface area contributed by atoms with E-state index in [9.17, 15) is 0 Å². The fourth-order valence-corrected chi connectivity index (χ4v) is 2.55. The zero-order chi connectivity index (χ0) is 9.97. The molecule has 1 aliphatic rings. The summed E-state index contributed by atoms with van der Waals surface area (Å²) in [6.45, 7) is 0. The number of rotatable bonds is 2. The second kappa shape index (κ2) is 4.09. The van der Waals surface area contributed by atoms with E-state index in [4.69, 9.17) is 0 Å². The molecule has 0 atom stereocenters. The number of fused-ring (bicyclic) bond motifs is 1. The van der Waals surface area contributed by atoms with Gasteiger partial charge in [0.2, 0.25) is 5.13 Å². The topological polar surface area (TPSA) is 28.5 Å². The van der Waals surface area contributed by atoms with Crippen molar-refractivity contribution >= 4 is 22.8 Å². The Hall–Kier alpha value is -0.900. The highest BCUT2D eigenvalue weighted by Crippen LogP contribution is 2.30. The molecule has 1 aliphatic carbocycles. The van der Waals surface area contributed by atoms with Gasteiger partial charge in [-0.1, -0.05) is 11.3 Å². The Kier molecular flexibility index (Phi) is 2.82. The third-order valence-electron chi connectivity index (χ3n) is 2.23. The van der Waals surface area contributed by atoms with Crippen molar-refractivity contribution in [1.29, 1.82) is 0 Å². The van der Waals surface area contributed by atoms with Gasteiger partial charge in [0.1, 0.15) is 0 Å². The maximum absolute atomic E-state index is 4.52. The molecule has 1 aromatic heterocycles. The van der Waals surface area contributed by atoms with Gasteiger partial charge in [-0.15, -0.1) is 0 Å². The Morgan fingerprint density at radius 1 is 1.36 bits per heavy atom. The van der Waals surface area contributed by atoms with Gasteiger partial charge in [0.05, 0.1) is 12.0 Å².